The van der Waals surface area contributed by atoms with Crippen LogP contribution in [-0.2, 0) is 4.79 Å². The second-order valence-electron chi connectivity index (χ2n) is 8.46. The van der Waals surface area contributed by atoms with Crippen molar-refractivity contribution in [2.45, 2.75) is 66.2 Å². The fourth-order valence-corrected chi connectivity index (χ4v) is 5.36. The zero-order valence-electron chi connectivity index (χ0n) is 14.7. The first-order chi connectivity index (χ1) is 10.2. The molecule has 2 rings (SSSR count). The molecule has 0 aromatic carbocycles. The van der Waals surface area contributed by atoms with Gasteiger partial charge < -0.3 is 5.11 Å². The smallest absolute Gasteiger partial charge is 0.134 e. The van der Waals surface area contributed by atoms with Crippen molar-refractivity contribution in [3.63, 3.8) is 0 Å². The number of aliphatic hydroxyl groups excluding tert-OH is 1. The van der Waals surface area contributed by atoms with Gasteiger partial charge in [-0.3, -0.25) is 4.79 Å². The van der Waals surface area contributed by atoms with Gasteiger partial charge in [-0.05, 0) is 55.3 Å². The van der Waals surface area contributed by atoms with Crippen LogP contribution in [-0.4, -0.2) is 17.5 Å². The predicted octanol–water partition coefficient (Wildman–Crippen LogP) is 4.68. The quantitative estimate of drug-likeness (QED) is 0.765. The minimum Gasteiger partial charge on any atom is -0.392 e. The Balaban J connectivity index is 2.25. The number of aliphatic hydroxyl groups is 1. The molecule has 3 atom stereocenters. The van der Waals surface area contributed by atoms with Crippen LogP contribution in [0.15, 0.2) is 23.8 Å². The summed E-state index contributed by atoms with van der Waals surface area (Å²) in [5, 5.41) is 9.03. The van der Waals surface area contributed by atoms with E-state index in [0.29, 0.717) is 24.0 Å². The molecule has 2 nitrogen and oxygen atoms in total. The SMILES string of the molecule is C=C1CC[C@@H]2C(C)(C)CC(=O)C[C@]2(C)[C@H]1CC/C(C)=C\CO. The zero-order chi connectivity index (χ0) is 16.5. The van der Waals surface area contributed by atoms with Gasteiger partial charge in [0.1, 0.15) is 5.78 Å². The molecule has 2 heteroatoms. The van der Waals surface area contributed by atoms with E-state index in [2.05, 4.69) is 34.3 Å². The van der Waals surface area contributed by atoms with E-state index in [1.165, 1.54) is 17.6 Å². The molecule has 2 aliphatic rings. The number of carbonyl (C=O) groups is 1. The molecule has 2 saturated carbocycles. The Hall–Kier alpha value is -0.890. The third kappa shape index (κ3) is 3.22. The van der Waals surface area contributed by atoms with Crippen LogP contribution in [0.3, 0.4) is 0 Å². The third-order valence-electron chi connectivity index (χ3n) is 6.28. The number of hydrogen-bond donors (Lipinski definition) is 1. The molecule has 124 valence electrons. The van der Waals surface area contributed by atoms with Crippen LogP contribution in [0.1, 0.15) is 66.2 Å². The molecule has 0 amide bonds. The predicted molar refractivity (Wildman–Crippen MR) is 91.6 cm³/mol. The molecule has 1 N–H and O–H groups in total. The minimum atomic E-state index is 0.0632. The van der Waals surface area contributed by atoms with Crippen LogP contribution in [0, 0.1) is 22.7 Å². The second-order valence-corrected chi connectivity index (χ2v) is 8.46. The van der Waals surface area contributed by atoms with Gasteiger partial charge in [-0.25, -0.2) is 0 Å². The van der Waals surface area contributed by atoms with Gasteiger partial charge >= 0.3 is 0 Å². The Labute approximate surface area is 135 Å². The minimum absolute atomic E-state index is 0.0632. The second kappa shape index (κ2) is 6.31. The highest BCUT2D eigenvalue weighted by Crippen LogP contribution is 2.60. The van der Waals surface area contributed by atoms with Crippen LogP contribution in [0.2, 0.25) is 0 Å². The summed E-state index contributed by atoms with van der Waals surface area (Å²) < 4.78 is 0. The molecule has 0 aromatic heterocycles. The van der Waals surface area contributed by atoms with E-state index in [1.54, 1.807) is 0 Å². The van der Waals surface area contributed by atoms with E-state index in [0.717, 1.165) is 25.7 Å². The summed E-state index contributed by atoms with van der Waals surface area (Å²) in [5.41, 5.74) is 2.75. The van der Waals surface area contributed by atoms with Crippen molar-refractivity contribution in [1.29, 1.82) is 0 Å². The lowest BCUT2D eigenvalue weighted by molar-refractivity contribution is -0.138. The first kappa shape index (κ1) is 17.5. The molecular weight excluding hydrogens is 272 g/mol. The average Bonchev–Trinajstić information content (AvgIpc) is 2.35. The highest BCUT2D eigenvalue weighted by atomic mass is 16.2. The van der Waals surface area contributed by atoms with Crippen molar-refractivity contribution in [3.8, 4) is 0 Å². The molecule has 0 unspecified atom stereocenters. The van der Waals surface area contributed by atoms with Crippen molar-refractivity contribution in [2.75, 3.05) is 6.61 Å². The molecule has 0 bridgehead atoms. The Kier molecular flexibility index (Phi) is 5.01. The van der Waals surface area contributed by atoms with Gasteiger partial charge in [-0.1, -0.05) is 44.6 Å². The fraction of sp³-hybridized carbons (Fsp3) is 0.750. The van der Waals surface area contributed by atoms with Gasteiger partial charge in [0.2, 0.25) is 0 Å². The van der Waals surface area contributed by atoms with Crippen LogP contribution < -0.4 is 0 Å². The average molecular weight is 304 g/mol. The van der Waals surface area contributed by atoms with Crippen molar-refractivity contribution >= 4 is 5.78 Å². The Morgan fingerprint density at radius 3 is 2.68 bits per heavy atom. The van der Waals surface area contributed by atoms with E-state index >= 15 is 0 Å². The van der Waals surface area contributed by atoms with E-state index in [-0.39, 0.29) is 17.4 Å². The van der Waals surface area contributed by atoms with Crippen LogP contribution in [0.25, 0.3) is 0 Å². The summed E-state index contributed by atoms with van der Waals surface area (Å²) in [7, 11) is 0. The van der Waals surface area contributed by atoms with Gasteiger partial charge in [0.05, 0.1) is 6.61 Å². The topological polar surface area (TPSA) is 37.3 Å². The van der Waals surface area contributed by atoms with E-state index in [1.807, 2.05) is 6.08 Å². The monoisotopic (exact) mass is 304 g/mol. The molecular formula is C20H32O2. The first-order valence-corrected chi connectivity index (χ1v) is 8.66. The maximum atomic E-state index is 12.4. The number of hydrogen-bond acceptors (Lipinski definition) is 2. The first-order valence-electron chi connectivity index (χ1n) is 8.66. The van der Waals surface area contributed by atoms with Gasteiger partial charge in [-0.2, -0.15) is 0 Å². The fourth-order valence-electron chi connectivity index (χ4n) is 5.36. The van der Waals surface area contributed by atoms with Crippen LogP contribution in [0.5, 0.6) is 0 Å². The lowest BCUT2D eigenvalue weighted by Gasteiger charge is -2.57. The summed E-state index contributed by atoms with van der Waals surface area (Å²) in [6.07, 6.45) is 7.66. The maximum Gasteiger partial charge on any atom is 0.134 e. The molecule has 0 heterocycles. The largest absolute Gasteiger partial charge is 0.392 e. The number of allylic oxidation sites excluding steroid dienone is 2. The molecule has 2 aliphatic carbocycles. The summed E-state index contributed by atoms with van der Waals surface area (Å²) in [5.74, 6) is 1.46. The molecule has 0 aromatic rings. The van der Waals surface area contributed by atoms with Crippen molar-refractivity contribution < 1.29 is 9.90 Å². The van der Waals surface area contributed by atoms with Crippen LogP contribution in [0.4, 0.5) is 0 Å². The lowest BCUT2D eigenvalue weighted by atomic mass is 9.47. The number of ketones is 1. The van der Waals surface area contributed by atoms with Crippen molar-refractivity contribution in [3.05, 3.63) is 23.8 Å². The van der Waals surface area contributed by atoms with Gasteiger partial charge in [-0.15, -0.1) is 0 Å². The number of fused-ring (bicyclic) bond motifs is 1. The van der Waals surface area contributed by atoms with Crippen molar-refractivity contribution in [2.24, 2.45) is 22.7 Å². The van der Waals surface area contributed by atoms with Gasteiger partial charge in [0.15, 0.2) is 0 Å². The number of rotatable bonds is 4. The normalized spacial score (nSPS) is 35.4. The maximum absolute atomic E-state index is 12.4. The number of carbonyl (C=O) groups excluding carboxylic acids is 1. The molecule has 0 spiro atoms. The molecule has 0 aliphatic heterocycles. The van der Waals surface area contributed by atoms with Crippen LogP contribution >= 0.6 is 0 Å². The Bertz CT molecular complexity index is 486. The molecule has 0 saturated heterocycles. The van der Waals surface area contributed by atoms with E-state index < -0.39 is 0 Å². The summed E-state index contributed by atoms with van der Waals surface area (Å²) in [6.45, 7) is 13.4. The third-order valence-corrected chi connectivity index (χ3v) is 6.28. The standard InChI is InChI=1S/C20H32O2/c1-14(10-11-21)6-8-17-15(2)7-9-18-19(3,4)12-16(22)13-20(17,18)5/h10,17-18,21H,2,6-9,11-13H2,1,3-5H3/b14-10-/t17-,18+,20+/m0/s1. The highest BCUT2D eigenvalue weighted by Gasteiger charge is 2.54. The molecule has 22 heavy (non-hydrogen) atoms. The van der Waals surface area contributed by atoms with Gasteiger partial charge in [0.25, 0.3) is 0 Å². The zero-order valence-corrected chi connectivity index (χ0v) is 14.7. The molecule has 2 fully saturated rings. The lowest BCUT2D eigenvalue weighted by Crippen LogP contribution is -2.52. The summed E-state index contributed by atoms with van der Waals surface area (Å²) in [4.78, 5) is 12.4. The number of Topliss-reactive ketones (excluding diaryl/α,β-unsaturated/α-hetero) is 1. The summed E-state index contributed by atoms with van der Waals surface area (Å²) >= 11 is 0. The Morgan fingerprint density at radius 2 is 2.05 bits per heavy atom. The Morgan fingerprint density at radius 1 is 1.36 bits per heavy atom. The van der Waals surface area contributed by atoms with Gasteiger partial charge in [0, 0.05) is 12.8 Å². The highest BCUT2D eigenvalue weighted by molar-refractivity contribution is 5.81. The molecule has 0 radical (unpaired) electrons. The van der Waals surface area contributed by atoms with Crippen molar-refractivity contribution in [1.82, 2.24) is 0 Å². The van der Waals surface area contributed by atoms with E-state index in [9.17, 15) is 4.79 Å². The summed E-state index contributed by atoms with van der Waals surface area (Å²) in [6, 6.07) is 0. The van der Waals surface area contributed by atoms with E-state index in [4.69, 9.17) is 5.11 Å².